The van der Waals surface area contributed by atoms with Gasteiger partial charge in [0.25, 0.3) is 5.91 Å². The highest BCUT2D eigenvalue weighted by molar-refractivity contribution is 7.13. The Labute approximate surface area is 120 Å². The molecular weight excluding hydrogens is 276 g/mol. The summed E-state index contributed by atoms with van der Waals surface area (Å²) in [5.74, 6) is 1.38. The second-order valence-electron chi connectivity index (χ2n) is 4.52. The molecule has 1 N–H and O–H groups in total. The average molecular weight is 290 g/mol. The third-order valence-corrected chi connectivity index (χ3v) is 4.07. The van der Waals surface area contributed by atoms with E-state index in [2.05, 4.69) is 10.3 Å². The molecule has 1 aliphatic heterocycles. The maximum Gasteiger partial charge on any atom is 0.263 e. The van der Waals surface area contributed by atoms with E-state index in [0.29, 0.717) is 11.4 Å². The Kier molecular flexibility index (Phi) is 3.31. The first-order chi connectivity index (χ1) is 9.63. The summed E-state index contributed by atoms with van der Waals surface area (Å²) < 4.78 is 10.6. The first-order valence-corrected chi connectivity index (χ1v) is 7.06. The van der Waals surface area contributed by atoms with Crippen molar-refractivity contribution in [1.82, 2.24) is 10.3 Å². The molecule has 0 spiro atoms. The van der Waals surface area contributed by atoms with Gasteiger partial charge in [-0.05, 0) is 31.5 Å². The first-order valence-electron chi connectivity index (χ1n) is 6.24. The zero-order chi connectivity index (χ0) is 14.1. The van der Waals surface area contributed by atoms with Crippen LogP contribution in [-0.4, -0.2) is 17.7 Å². The Bertz CT molecular complexity index is 666. The van der Waals surface area contributed by atoms with Crippen LogP contribution in [0.5, 0.6) is 11.5 Å². The second-order valence-corrected chi connectivity index (χ2v) is 5.72. The number of nitrogens with zero attached hydrogens (tertiary/aromatic N) is 1. The minimum atomic E-state index is -0.0919. The van der Waals surface area contributed by atoms with Gasteiger partial charge in [0.15, 0.2) is 11.5 Å². The van der Waals surface area contributed by atoms with Crippen LogP contribution in [0.2, 0.25) is 0 Å². The van der Waals surface area contributed by atoms with E-state index >= 15 is 0 Å². The first kappa shape index (κ1) is 12.9. The lowest BCUT2D eigenvalue weighted by molar-refractivity contribution is 0.0954. The Morgan fingerprint density at radius 1 is 1.35 bits per heavy atom. The van der Waals surface area contributed by atoms with Gasteiger partial charge in [0.1, 0.15) is 4.88 Å². The maximum absolute atomic E-state index is 12.1. The Morgan fingerprint density at radius 2 is 2.15 bits per heavy atom. The van der Waals surface area contributed by atoms with Gasteiger partial charge >= 0.3 is 0 Å². The van der Waals surface area contributed by atoms with E-state index in [1.54, 1.807) is 0 Å². The fourth-order valence-corrected chi connectivity index (χ4v) is 2.89. The number of benzene rings is 1. The summed E-state index contributed by atoms with van der Waals surface area (Å²) >= 11 is 1.41. The summed E-state index contributed by atoms with van der Waals surface area (Å²) in [4.78, 5) is 17.0. The van der Waals surface area contributed by atoms with Crippen molar-refractivity contribution in [1.29, 1.82) is 0 Å². The standard InChI is InChI=1S/C14H14N2O3S/c1-8-13(20-9(2)16-8)14(17)15-6-10-3-4-11-12(5-10)19-7-18-11/h3-5H,6-7H2,1-2H3,(H,15,17). The number of aromatic nitrogens is 1. The molecule has 0 radical (unpaired) electrons. The maximum atomic E-state index is 12.1. The summed E-state index contributed by atoms with van der Waals surface area (Å²) in [6.07, 6.45) is 0. The van der Waals surface area contributed by atoms with Crippen LogP contribution in [0.1, 0.15) is 25.9 Å². The molecular formula is C14H14N2O3S. The molecule has 5 nitrogen and oxygen atoms in total. The monoisotopic (exact) mass is 290 g/mol. The van der Waals surface area contributed by atoms with E-state index in [-0.39, 0.29) is 12.7 Å². The van der Waals surface area contributed by atoms with Crippen LogP contribution in [0.3, 0.4) is 0 Å². The zero-order valence-electron chi connectivity index (χ0n) is 11.2. The predicted molar refractivity (Wildman–Crippen MR) is 75.3 cm³/mol. The molecule has 1 amide bonds. The summed E-state index contributed by atoms with van der Waals surface area (Å²) in [5.41, 5.74) is 1.75. The molecule has 6 heteroatoms. The topological polar surface area (TPSA) is 60.5 Å². The third-order valence-electron chi connectivity index (χ3n) is 3.00. The molecule has 104 valence electrons. The Morgan fingerprint density at radius 3 is 2.90 bits per heavy atom. The van der Waals surface area contributed by atoms with Gasteiger partial charge in [-0.25, -0.2) is 4.98 Å². The molecule has 0 fully saturated rings. The second kappa shape index (κ2) is 5.13. The van der Waals surface area contributed by atoms with Crippen LogP contribution >= 0.6 is 11.3 Å². The number of thiazole rings is 1. The lowest BCUT2D eigenvalue weighted by atomic mass is 10.2. The van der Waals surface area contributed by atoms with Gasteiger partial charge in [-0.15, -0.1) is 11.3 Å². The van der Waals surface area contributed by atoms with Crippen molar-refractivity contribution in [3.63, 3.8) is 0 Å². The van der Waals surface area contributed by atoms with Crippen molar-refractivity contribution in [2.75, 3.05) is 6.79 Å². The summed E-state index contributed by atoms with van der Waals surface area (Å²) in [6, 6.07) is 5.65. The van der Waals surface area contributed by atoms with E-state index in [4.69, 9.17) is 9.47 Å². The molecule has 0 bridgehead atoms. The number of fused-ring (bicyclic) bond motifs is 1. The highest BCUT2D eigenvalue weighted by Crippen LogP contribution is 2.32. The van der Waals surface area contributed by atoms with E-state index in [1.165, 1.54) is 11.3 Å². The zero-order valence-corrected chi connectivity index (χ0v) is 12.0. The van der Waals surface area contributed by atoms with Gasteiger partial charge in [0.05, 0.1) is 10.7 Å². The summed E-state index contributed by atoms with van der Waals surface area (Å²) in [6.45, 7) is 4.45. The minimum Gasteiger partial charge on any atom is -0.454 e. The third kappa shape index (κ3) is 2.46. The number of carbonyl (C=O) groups is 1. The molecule has 0 saturated heterocycles. The fourth-order valence-electron chi connectivity index (χ4n) is 2.06. The highest BCUT2D eigenvalue weighted by atomic mass is 32.1. The van der Waals surface area contributed by atoms with Gasteiger partial charge in [0, 0.05) is 6.54 Å². The number of rotatable bonds is 3. The van der Waals surface area contributed by atoms with Crippen molar-refractivity contribution in [3.8, 4) is 11.5 Å². The smallest absolute Gasteiger partial charge is 0.263 e. The van der Waals surface area contributed by atoms with E-state index in [1.807, 2.05) is 32.0 Å². The minimum absolute atomic E-state index is 0.0919. The summed E-state index contributed by atoms with van der Waals surface area (Å²) in [7, 11) is 0. The quantitative estimate of drug-likeness (QED) is 0.943. The number of ether oxygens (including phenoxy) is 2. The van der Waals surface area contributed by atoms with Gasteiger partial charge in [0.2, 0.25) is 6.79 Å². The van der Waals surface area contributed by atoms with Crippen molar-refractivity contribution >= 4 is 17.2 Å². The Hall–Kier alpha value is -2.08. The SMILES string of the molecule is Cc1nc(C)c(C(=O)NCc2ccc3c(c2)OCO3)s1. The van der Waals surface area contributed by atoms with Crippen LogP contribution in [-0.2, 0) is 6.54 Å². The van der Waals surface area contributed by atoms with Crippen LogP contribution in [0.15, 0.2) is 18.2 Å². The van der Waals surface area contributed by atoms with E-state index in [9.17, 15) is 4.79 Å². The Balaban J connectivity index is 1.67. The van der Waals surface area contributed by atoms with Crippen LogP contribution < -0.4 is 14.8 Å². The molecule has 0 saturated carbocycles. The molecule has 3 rings (SSSR count). The molecule has 20 heavy (non-hydrogen) atoms. The molecule has 2 aromatic rings. The molecule has 0 unspecified atom stereocenters. The van der Waals surface area contributed by atoms with Gasteiger partial charge in [-0.1, -0.05) is 6.07 Å². The van der Waals surface area contributed by atoms with Gasteiger partial charge in [-0.3, -0.25) is 4.79 Å². The molecule has 0 aliphatic carbocycles. The average Bonchev–Trinajstić information content (AvgIpc) is 3.01. The number of nitrogens with one attached hydrogen (secondary N) is 1. The number of hydrogen-bond donors (Lipinski definition) is 1. The van der Waals surface area contributed by atoms with Gasteiger partial charge in [-0.2, -0.15) is 0 Å². The van der Waals surface area contributed by atoms with E-state index in [0.717, 1.165) is 27.8 Å². The van der Waals surface area contributed by atoms with E-state index < -0.39 is 0 Å². The van der Waals surface area contributed by atoms with Crippen molar-refractivity contribution < 1.29 is 14.3 Å². The molecule has 2 heterocycles. The van der Waals surface area contributed by atoms with Crippen LogP contribution in [0.4, 0.5) is 0 Å². The van der Waals surface area contributed by atoms with Crippen molar-refractivity contribution in [2.24, 2.45) is 0 Å². The molecule has 1 aromatic heterocycles. The normalized spacial score (nSPS) is 12.5. The predicted octanol–water partition coefficient (Wildman–Crippen LogP) is 2.42. The fraction of sp³-hybridized carbons (Fsp3) is 0.286. The number of carbonyl (C=O) groups excluding carboxylic acids is 1. The molecule has 1 aliphatic rings. The highest BCUT2D eigenvalue weighted by Gasteiger charge is 2.15. The van der Waals surface area contributed by atoms with Crippen molar-refractivity contribution in [2.45, 2.75) is 20.4 Å². The van der Waals surface area contributed by atoms with Crippen LogP contribution in [0.25, 0.3) is 0 Å². The number of amides is 1. The number of aryl methyl sites for hydroxylation is 2. The number of hydrogen-bond acceptors (Lipinski definition) is 5. The lowest BCUT2D eigenvalue weighted by Crippen LogP contribution is -2.22. The molecule has 1 aromatic carbocycles. The lowest BCUT2D eigenvalue weighted by Gasteiger charge is -2.05. The summed E-state index contributed by atoms with van der Waals surface area (Å²) in [5, 5.41) is 3.79. The van der Waals surface area contributed by atoms with Crippen LogP contribution in [0, 0.1) is 13.8 Å². The largest absolute Gasteiger partial charge is 0.454 e. The van der Waals surface area contributed by atoms with Gasteiger partial charge < -0.3 is 14.8 Å². The van der Waals surface area contributed by atoms with Crippen molar-refractivity contribution in [3.05, 3.63) is 39.3 Å². The molecule has 0 atom stereocenters.